The Bertz CT molecular complexity index is 259. The number of hydrogen-bond donors (Lipinski definition) is 2. The highest BCUT2D eigenvalue weighted by Gasteiger charge is 2.39. The van der Waals surface area contributed by atoms with Crippen molar-refractivity contribution in [3.05, 3.63) is 0 Å². The van der Waals surface area contributed by atoms with Crippen LogP contribution >= 0.6 is 12.2 Å². The van der Waals surface area contributed by atoms with E-state index < -0.39 is 0 Å². The Labute approximate surface area is 103 Å². The Balaban J connectivity index is 1.67. The molecule has 3 nitrogen and oxygen atoms in total. The first kappa shape index (κ1) is 12.1. The van der Waals surface area contributed by atoms with Gasteiger partial charge in [-0.05, 0) is 50.2 Å². The van der Waals surface area contributed by atoms with Crippen molar-refractivity contribution < 1.29 is 4.74 Å². The van der Waals surface area contributed by atoms with Crippen molar-refractivity contribution in [1.29, 1.82) is 0 Å². The molecule has 0 amide bonds. The van der Waals surface area contributed by atoms with Gasteiger partial charge in [-0.15, -0.1) is 0 Å². The molecule has 2 bridgehead atoms. The van der Waals surface area contributed by atoms with Gasteiger partial charge in [0.05, 0.1) is 6.10 Å². The Morgan fingerprint density at radius 1 is 1.44 bits per heavy atom. The number of methoxy groups -OCH3 is 1. The third kappa shape index (κ3) is 2.86. The van der Waals surface area contributed by atoms with E-state index in [9.17, 15) is 0 Å². The number of rotatable bonds is 4. The second-order valence-corrected chi connectivity index (χ2v) is 5.59. The fraction of sp³-hybridized carbons (Fsp3) is 0.917. The maximum Gasteiger partial charge on any atom is 0.166 e. The van der Waals surface area contributed by atoms with Gasteiger partial charge in [0, 0.05) is 19.7 Å². The molecule has 0 aromatic heterocycles. The first-order valence-corrected chi connectivity index (χ1v) is 6.67. The third-order valence-electron chi connectivity index (χ3n) is 4.01. The van der Waals surface area contributed by atoms with Gasteiger partial charge in [-0.3, -0.25) is 0 Å². The first-order chi connectivity index (χ1) is 7.69. The molecule has 0 spiro atoms. The van der Waals surface area contributed by atoms with Crippen molar-refractivity contribution in [3.8, 4) is 0 Å². The minimum absolute atomic E-state index is 0.208. The van der Waals surface area contributed by atoms with Crippen LogP contribution < -0.4 is 10.6 Å². The van der Waals surface area contributed by atoms with E-state index in [1.165, 1.54) is 25.7 Å². The Morgan fingerprint density at radius 2 is 2.25 bits per heavy atom. The van der Waals surface area contributed by atoms with E-state index in [-0.39, 0.29) is 6.10 Å². The maximum absolute atomic E-state index is 5.29. The van der Waals surface area contributed by atoms with Crippen LogP contribution in [0.1, 0.15) is 32.6 Å². The molecule has 4 unspecified atom stereocenters. The molecule has 0 aromatic carbocycles. The zero-order valence-corrected chi connectivity index (χ0v) is 11.0. The number of hydrogen-bond acceptors (Lipinski definition) is 2. The van der Waals surface area contributed by atoms with Gasteiger partial charge in [-0.2, -0.15) is 0 Å². The van der Waals surface area contributed by atoms with Crippen molar-refractivity contribution in [2.75, 3.05) is 13.7 Å². The summed E-state index contributed by atoms with van der Waals surface area (Å²) in [5, 5.41) is 7.46. The molecule has 2 N–H and O–H groups in total. The molecule has 2 rings (SSSR count). The van der Waals surface area contributed by atoms with Crippen LogP contribution in [0.5, 0.6) is 0 Å². The SMILES string of the molecule is COC(C)CNC(=S)NC1CC2CCC1C2. The summed E-state index contributed by atoms with van der Waals surface area (Å²) in [5.41, 5.74) is 0. The first-order valence-electron chi connectivity index (χ1n) is 6.26. The van der Waals surface area contributed by atoms with E-state index in [0.29, 0.717) is 6.04 Å². The summed E-state index contributed by atoms with van der Waals surface area (Å²) in [6.45, 7) is 2.82. The monoisotopic (exact) mass is 242 g/mol. The standard InChI is InChI=1S/C12H22N2OS/c1-8(15-2)7-13-12(16)14-11-6-9-3-4-10(11)5-9/h8-11H,3-7H2,1-2H3,(H2,13,14,16). The fourth-order valence-corrected chi connectivity index (χ4v) is 3.20. The predicted molar refractivity (Wildman–Crippen MR) is 69.4 cm³/mol. The van der Waals surface area contributed by atoms with Crippen molar-refractivity contribution in [3.63, 3.8) is 0 Å². The molecule has 0 aromatic rings. The Morgan fingerprint density at radius 3 is 2.81 bits per heavy atom. The van der Waals surface area contributed by atoms with Crippen molar-refractivity contribution >= 4 is 17.3 Å². The van der Waals surface area contributed by atoms with Crippen molar-refractivity contribution in [2.24, 2.45) is 11.8 Å². The molecular weight excluding hydrogens is 220 g/mol. The highest BCUT2D eigenvalue weighted by molar-refractivity contribution is 7.80. The fourth-order valence-electron chi connectivity index (χ4n) is 2.96. The van der Waals surface area contributed by atoms with E-state index in [4.69, 9.17) is 17.0 Å². The maximum atomic E-state index is 5.29. The lowest BCUT2D eigenvalue weighted by Crippen LogP contribution is -2.46. The molecule has 2 aliphatic rings. The summed E-state index contributed by atoms with van der Waals surface area (Å²) < 4.78 is 5.17. The molecule has 0 saturated heterocycles. The summed E-state index contributed by atoms with van der Waals surface area (Å²) >= 11 is 5.29. The second-order valence-electron chi connectivity index (χ2n) is 5.18. The van der Waals surface area contributed by atoms with Gasteiger partial charge < -0.3 is 15.4 Å². The summed E-state index contributed by atoms with van der Waals surface area (Å²) in [7, 11) is 1.72. The quantitative estimate of drug-likeness (QED) is 0.735. The van der Waals surface area contributed by atoms with Gasteiger partial charge in [0.1, 0.15) is 0 Å². The van der Waals surface area contributed by atoms with Crippen LogP contribution in [0.25, 0.3) is 0 Å². The molecule has 16 heavy (non-hydrogen) atoms. The highest BCUT2D eigenvalue weighted by Crippen LogP contribution is 2.44. The topological polar surface area (TPSA) is 33.3 Å². The summed E-state index contributed by atoms with van der Waals surface area (Å²) in [4.78, 5) is 0. The van der Waals surface area contributed by atoms with Gasteiger partial charge in [0.15, 0.2) is 5.11 Å². The normalized spacial score (nSPS) is 33.8. The van der Waals surface area contributed by atoms with Gasteiger partial charge >= 0.3 is 0 Å². The highest BCUT2D eigenvalue weighted by atomic mass is 32.1. The lowest BCUT2D eigenvalue weighted by molar-refractivity contribution is 0.121. The Kier molecular flexibility index (Phi) is 4.03. The average Bonchev–Trinajstić information content (AvgIpc) is 2.87. The number of thiocarbonyl (C=S) groups is 1. The van der Waals surface area contributed by atoms with Crippen LogP contribution in [0.15, 0.2) is 0 Å². The zero-order chi connectivity index (χ0) is 11.5. The minimum atomic E-state index is 0.208. The van der Waals surface area contributed by atoms with Crippen LogP contribution in [-0.4, -0.2) is 30.9 Å². The molecule has 2 saturated carbocycles. The molecule has 92 valence electrons. The smallest absolute Gasteiger partial charge is 0.166 e. The molecule has 4 heteroatoms. The molecule has 2 aliphatic carbocycles. The largest absolute Gasteiger partial charge is 0.380 e. The second kappa shape index (κ2) is 5.32. The summed E-state index contributed by atoms with van der Waals surface area (Å²) in [6, 6.07) is 0.622. The lowest BCUT2D eigenvalue weighted by Gasteiger charge is -2.25. The molecular formula is C12H22N2OS. The third-order valence-corrected chi connectivity index (χ3v) is 4.27. The van der Waals surface area contributed by atoms with Gasteiger partial charge in [-0.1, -0.05) is 6.42 Å². The number of fused-ring (bicyclic) bond motifs is 2. The summed E-state index contributed by atoms with van der Waals surface area (Å²) in [5.74, 6) is 1.83. The van der Waals surface area contributed by atoms with Crippen LogP contribution in [0.4, 0.5) is 0 Å². The Hall–Kier alpha value is -0.350. The number of ether oxygens (including phenoxy) is 1. The van der Waals surface area contributed by atoms with E-state index in [0.717, 1.165) is 23.5 Å². The van der Waals surface area contributed by atoms with Crippen LogP contribution in [-0.2, 0) is 4.74 Å². The van der Waals surface area contributed by atoms with Crippen LogP contribution in [0.2, 0.25) is 0 Å². The summed E-state index contributed by atoms with van der Waals surface area (Å²) in [6.07, 6.45) is 5.75. The lowest BCUT2D eigenvalue weighted by atomic mass is 9.96. The minimum Gasteiger partial charge on any atom is -0.380 e. The van der Waals surface area contributed by atoms with Gasteiger partial charge in [0.25, 0.3) is 0 Å². The van der Waals surface area contributed by atoms with E-state index in [1.807, 2.05) is 6.92 Å². The van der Waals surface area contributed by atoms with Crippen molar-refractivity contribution in [2.45, 2.75) is 44.8 Å². The number of nitrogens with one attached hydrogen (secondary N) is 2. The van der Waals surface area contributed by atoms with Crippen molar-refractivity contribution in [1.82, 2.24) is 10.6 Å². The zero-order valence-electron chi connectivity index (χ0n) is 10.2. The molecule has 2 fully saturated rings. The molecule has 0 aliphatic heterocycles. The average molecular weight is 242 g/mol. The van der Waals surface area contributed by atoms with E-state index in [2.05, 4.69) is 10.6 Å². The van der Waals surface area contributed by atoms with Gasteiger partial charge in [-0.25, -0.2) is 0 Å². The van der Waals surface area contributed by atoms with Crippen LogP contribution in [0.3, 0.4) is 0 Å². The van der Waals surface area contributed by atoms with Gasteiger partial charge in [0.2, 0.25) is 0 Å². The van der Waals surface area contributed by atoms with Crippen LogP contribution in [0, 0.1) is 11.8 Å². The molecule has 0 heterocycles. The molecule has 4 atom stereocenters. The van der Waals surface area contributed by atoms with E-state index >= 15 is 0 Å². The molecule has 0 radical (unpaired) electrons. The predicted octanol–water partition coefficient (Wildman–Crippen LogP) is 1.67. The van der Waals surface area contributed by atoms with E-state index in [1.54, 1.807) is 7.11 Å².